The van der Waals surface area contributed by atoms with E-state index in [1.54, 1.807) is 23.5 Å². The van der Waals surface area contributed by atoms with Crippen molar-refractivity contribution in [3.05, 3.63) is 24.7 Å². The van der Waals surface area contributed by atoms with E-state index >= 15 is 0 Å². The van der Waals surface area contributed by atoms with Gasteiger partial charge in [0, 0.05) is 46.3 Å². The summed E-state index contributed by atoms with van der Waals surface area (Å²) in [4.78, 5) is 3.87. The maximum Gasteiger partial charge on any atom is 0.136 e. The third-order valence-corrected chi connectivity index (χ3v) is 9.07. The van der Waals surface area contributed by atoms with Gasteiger partial charge < -0.3 is 19.3 Å². The Morgan fingerprint density at radius 2 is 1.38 bits per heavy atom. The third-order valence-electron chi connectivity index (χ3n) is 5.33. The van der Waals surface area contributed by atoms with Crippen molar-refractivity contribution in [2.75, 3.05) is 47.2 Å². The zero-order valence-electron chi connectivity index (χ0n) is 23.4. The largest absolute Gasteiger partial charge is 0.498 e. The van der Waals surface area contributed by atoms with Gasteiger partial charge in [-0.15, -0.1) is 0 Å². The van der Waals surface area contributed by atoms with E-state index < -0.39 is 4.75 Å². The molecule has 0 aliphatic rings. The molecular weight excluding hydrogens is 501 g/mol. The Hall–Kier alpha value is -0.440. The summed E-state index contributed by atoms with van der Waals surface area (Å²) >= 11 is 14.1. The maximum atomic E-state index is 6.26. The van der Waals surface area contributed by atoms with E-state index in [9.17, 15) is 0 Å². The quantitative estimate of drug-likeness (QED) is 0.141. The molecule has 198 valence electrons. The summed E-state index contributed by atoms with van der Waals surface area (Å²) in [6, 6.07) is 0. The van der Waals surface area contributed by atoms with Crippen LogP contribution in [0.25, 0.3) is 0 Å². The van der Waals surface area contributed by atoms with E-state index in [2.05, 4.69) is 61.6 Å². The molecule has 2 unspecified atom stereocenters. The molecule has 0 bridgehead atoms. The van der Waals surface area contributed by atoms with Crippen molar-refractivity contribution in [2.45, 2.75) is 66.1 Å². The fourth-order valence-electron chi connectivity index (χ4n) is 3.10. The van der Waals surface area contributed by atoms with E-state index in [1.165, 1.54) is 0 Å². The average Bonchev–Trinajstić information content (AvgIpc) is 2.67. The number of thiocarbonyl (C=S) groups is 2. The lowest BCUT2D eigenvalue weighted by Crippen LogP contribution is -2.32. The van der Waals surface area contributed by atoms with Crippen LogP contribution in [0.1, 0.15) is 61.3 Å². The zero-order chi connectivity index (χ0) is 26.9. The van der Waals surface area contributed by atoms with Gasteiger partial charge in [-0.2, -0.15) is 0 Å². The van der Waals surface area contributed by atoms with Crippen molar-refractivity contribution < 1.29 is 9.47 Å². The van der Waals surface area contributed by atoms with E-state index in [0.717, 1.165) is 26.6 Å². The number of rotatable bonds is 12. The first-order valence-electron chi connectivity index (χ1n) is 11.7. The first-order valence-corrected chi connectivity index (χ1v) is 14.3. The number of thioether (sulfide) groups is 2. The molecule has 34 heavy (non-hydrogen) atoms. The first kappa shape index (κ1) is 33.6. The summed E-state index contributed by atoms with van der Waals surface area (Å²) in [6.07, 6.45) is 1.73. The average molecular weight is 549 g/mol. The standard InChI is InChI=1S/C26H48N2O2S4/c1-19(21(25(6,7)8)18-24(3,4)5)29-15-14-26(9,34-23(32)28(12)13)20(2)30-16-17-33-22(31)27(10)11/h21H,1-2,14-18H2,3-13H3. The summed E-state index contributed by atoms with van der Waals surface area (Å²) in [7, 11) is 7.81. The van der Waals surface area contributed by atoms with Crippen molar-refractivity contribution in [3.63, 3.8) is 0 Å². The summed E-state index contributed by atoms with van der Waals surface area (Å²) in [5.74, 6) is 2.59. The van der Waals surface area contributed by atoms with Gasteiger partial charge in [0.2, 0.25) is 0 Å². The Bertz CT molecular complexity index is 709. The first-order chi connectivity index (χ1) is 15.3. The molecule has 0 rings (SSSR count). The summed E-state index contributed by atoms with van der Waals surface area (Å²) < 4.78 is 13.5. The van der Waals surface area contributed by atoms with E-state index in [-0.39, 0.29) is 16.7 Å². The Kier molecular flexibility index (Phi) is 14.2. The van der Waals surface area contributed by atoms with Crippen LogP contribution in [0, 0.1) is 16.7 Å². The Morgan fingerprint density at radius 3 is 1.82 bits per heavy atom. The van der Waals surface area contributed by atoms with Crippen LogP contribution < -0.4 is 0 Å². The summed E-state index contributed by atoms with van der Waals surface area (Å²) in [5.41, 5.74) is 0.272. The van der Waals surface area contributed by atoms with Gasteiger partial charge in [0.25, 0.3) is 0 Å². The Balaban J connectivity index is 5.23. The van der Waals surface area contributed by atoms with Crippen LogP contribution in [0.2, 0.25) is 0 Å². The highest BCUT2D eigenvalue weighted by molar-refractivity contribution is 8.24. The molecule has 0 saturated heterocycles. The number of nitrogens with zero attached hydrogens (tertiary/aromatic N) is 2. The number of hydrogen-bond donors (Lipinski definition) is 0. The summed E-state index contributed by atoms with van der Waals surface area (Å²) in [6.45, 7) is 25.3. The fourth-order valence-corrected chi connectivity index (χ4v) is 5.43. The van der Waals surface area contributed by atoms with Gasteiger partial charge in [0.05, 0.1) is 23.7 Å². The minimum absolute atomic E-state index is 0.0758. The van der Waals surface area contributed by atoms with Gasteiger partial charge in [-0.05, 0) is 24.2 Å². The normalized spacial score (nSPS) is 14.6. The van der Waals surface area contributed by atoms with Gasteiger partial charge in [-0.25, -0.2) is 0 Å². The second-order valence-corrected chi connectivity index (χ2v) is 15.4. The van der Waals surface area contributed by atoms with E-state index in [4.69, 9.17) is 33.9 Å². The van der Waals surface area contributed by atoms with Gasteiger partial charge >= 0.3 is 0 Å². The molecule has 8 heteroatoms. The second-order valence-electron chi connectivity index (χ2n) is 11.5. The Labute approximate surface area is 229 Å². The summed E-state index contributed by atoms with van der Waals surface area (Å²) in [5, 5.41) is 0. The third kappa shape index (κ3) is 13.0. The van der Waals surface area contributed by atoms with Crippen LogP contribution in [0.15, 0.2) is 24.7 Å². The van der Waals surface area contributed by atoms with Gasteiger partial charge in [-0.3, -0.25) is 0 Å². The highest BCUT2D eigenvalue weighted by atomic mass is 32.2. The molecular formula is C26H48N2O2S4. The molecule has 0 aliphatic carbocycles. The van der Waals surface area contributed by atoms with Crippen LogP contribution in [0.3, 0.4) is 0 Å². The van der Waals surface area contributed by atoms with Crippen LogP contribution in [-0.4, -0.2) is 70.3 Å². The lowest BCUT2D eigenvalue weighted by Gasteiger charge is -2.37. The van der Waals surface area contributed by atoms with Gasteiger partial charge in [-0.1, -0.05) is 103 Å². The minimum atomic E-state index is -0.421. The second kappa shape index (κ2) is 14.3. The highest BCUT2D eigenvalue weighted by Crippen LogP contribution is 2.41. The molecule has 0 amide bonds. The van der Waals surface area contributed by atoms with Gasteiger partial charge in [0.1, 0.15) is 14.4 Å². The molecule has 0 saturated carbocycles. The lowest BCUT2D eigenvalue weighted by molar-refractivity contribution is 0.0934. The highest BCUT2D eigenvalue weighted by Gasteiger charge is 2.35. The fraction of sp³-hybridized carbons (Fsp3) is 0.769. The van der Waals surface area contributed by atoms with Gasteiger partial charge in [0.15, 0.2) is 0 Å². The van der Waals surface area contributed by atoms with Crippen molar-refractivity contribution in [1.29, 1.82) is 0 Å². The maximum absolute atomic E-state index is 6.26. The molecule has 0 radical (unpaired) electrons. The SMILES string of the molecule is C=C(OCCC(C)(SC(=S)N(C)C)C(=C)OCCSC(=S)N(C)C)C(CC(C)(C)C)C(C)(C)C. The van der Waals surface area contributed by atoms with E-state index in [1.807, 2.05) is 38.0 Å². The molecule has 0 fully saturated rings. The molecule has 2 atom stereocenters. The molecule has 4 nitrogen and oxygen atoms in total. The number of allylic oxidation sites excluding steroid dienone is 1. The molecule has 0 aromatic heterocycles. The van der Waals surface area contributed by atoms with Crippen LogP contribution in [0.5, 0.6) is 0 Å². The van der Waals surface area contributed by atoms with Crippen LogP contribution >= 0.6 is 48.0 Å². The molecule has 0 aromatic carbocycles. The molecule has 0 N–H and O–H groups in total. The molecule has 0 spiro atoms. The zero-order valence-corrected chi connectivity index (χ0v) is 26.6. The number of ether oxygens (including phenoxy) is 2. The van der Waals surface area contributed by atoms with Crippen molar-refractivity contribution >= 4 is 56.6 Å². The van der Waals surface area contributed by atoms with Crippen LogP contribution in [0.4, 0.5) is 0 Å². The Morgan fingerprint density at radius 1 is 0.853 bits per heavy atom. The lowest BCUT2D eigenvalue weighted by atomic mass is 9.71. The van der Waals surface area contributed by atoms with Crippen molar-refractivity contribution in [3.8, 4) is 0 Å². The van der Waals surface area contributed by atoms with Crippen molar-refractivity contribution in [2.24, 2.45) is 16.7 Å². The molecule has 0 heterocycles. The molecule has 0 aliphatic heterocycles. The monoisotopic (exact) mass is 548 g/mol. The predicted molar refractivity (Wildman–Crippen MR) is 163 cm³/mol. The minimum Gasteiger partial charge on any atom is -0.498 e. The predicted octanol–water partition coefficient (Wildman–Crippen LogP) is 7.45. The molecule has 0 aromatic rings. The van der Waals surface area contributed by atoms with Crippen molar-refractivity contribution in [1.82, 2.24) is 9.80 Å². The topological polar surface area (TPSA) is 24.9 Å². The smallest absolute Gasteiger partial charge is 0.136 e. The van der Waals surface area contributed by atoms with E-state index in [0.29, 0.717) is 25.4 Å². The number of hydrogen-bond acceptors (Lipinski definition) is 6. The van der Waals surface area contributed by atoms with Crippen LogP contribution in [-0.2, 0) is 9.47 Å².